The zero-order valence-electron chi connectivity index (χ0n) is 8.62. The normalized spacial score (nSPS) is 12.7. The lowest BCUT2D eigenvalue weighted by Gasteiger charge is -2.13. The fraction of sp³-hybridized carbons (Fsp3) is 0.455. The molecular formula is C11H17FN2O. The summed E-state index contributed by atoms with van der Waals surface area (Å²) in [6.45, 7) is 0.627. The molecule has 1 aromatic carbocycles. The molecule has 0 aliphatic heterocycles. The molecule has 15 heavy (non-hydrogen) atoms. The number of hydrogen-bond donors (Lipinski definition) is 3. The highest BCUT2D eigenvalue weighted by atomic mass is 19.1. The molecule has 0 aromatic heterocycles. The van der Waals surface area contributed by atoms with E-state index in [2.05, 4.69) is 0 Å². The van der Waals surface area contributed by atoms with Crippen LogP contribution < -0.4 is 11.5 Å². The maximum atomic E-state index is 12.9. The van der Waals surface area contributed by atoms with E-state index in [9.17, 15) is 9.50 Å². The number of benzene rings is 1. The van der Waals surface area contributed by atoms with Crippen LogP contribution in [0.2, 0.25) is 0 Å². The second-order valence-corrected chi connectivity index (χ2v) is 3.59. The van der Waals surface area contributed by atoms with Crippen molar-refractivity contribution < 1.29 is 9.50 Å². The van der Waals surface area contributed by atoms with Crippen LogP contribution in [0.25, 0.3) is 0 Å². The van der Waals surface area contributed by atoms with Crippen molar-refractivity contribution >= 4 is 0 Å². The van der Waals surface area contributed by atoms with E-state index in [1.54, 1.807) is 0 Å². The van der Waals surface area contributed by atoms with Crippen molar-refractivity contribution in [2.45, 2.75) is 25.3 Å². The van der Waals surface area contributed by atoms with Crippen LogP contribution in [0.4, 0.5) is 4.39 Å². The molecule has 0 amide bonds. The van der Waals surface area contributed by atoms with Crippen molar-refractivity contribution in [2.75, 3.05) is 6.54 Å². The molecule has 1 atom stereocenters. The summed E-state index contributed by atoms with van der Waals surface area (Å²) in [5.41, 5.74) is 11.7. The van der Waals surface area contributed by atoms with Crippen LogP contribution in [0.1, 0.15) is 30.9 Å². The fourth-order valence-corrected chi connectivity index (χ4v) is 1.49. The van der Waals surface area contributed by atoms with E-state index in [-0.39, 0.29) is 17.6 Å². The Bertz CT molecular complexity index is 317. The number of nitrogens with two attached hydrogens (primary N) is 2. The molecule has 0 saturated heterocycles. The number of phenolic OH excluding ortho intramolecular Hbond substituents is 1. The van der Waals surface area contributed by atoms with E-state index in [4.69, 9.17) is 11.5 Å². The van der Waals surface area contributed by atoms with Crippen LogP contribution in [0.3, 0.4) is 0 Å². The van der Waals surface area contributed by atoms with Crippen LogP contribution in [0.15, 0.2) is 18.2 Å². The van der Waals surface area contributed by atoms with Crippen LogP contribution >= 0.6 is 0 Å². The van der Waals surface area contributed by atoms with Crippen LogP contribution in [0, 0.1) is 5.82 Å². The molecule has 5 N–H and O–H groups in total. The Kier molecular flexibility index (Phi) is 4.52. The van der Waals surface area contributed by atoms with Crippen molar-refractivity contribution in [3.63, 3.8) is 0 Å². The van der Waals surface area contributed by atoms with Crippen LogP contribution in [-0.2, 0) is 0 Å². The summed E-state index contributed by atoms with van der Waals surface area (Å²) in [6, 6.07) is 3.49. The largest absolute Gasteiger partial charge is 0.508 e. The monoisotopic (exact) mass is 212 g/mol. The summed E-state index contributed by atoms with van der Waals surface area (Å²) in [5.74, 6) is -0.325. The molecule has 0 heterocycles. The molecule has 1 aromatic rings. The fourth-order valence-electron chi connectivity index (χ4n) is 1.49. The number of halogens is 1. The van der Waals surface area contributed by atoms with Crippen LogP contribution in [0.5, 0.6) is 5.75 Å². The Balaban J connectivity index is 2.64. The SMILES string of the molecule is NCCCC[C@@H](N)c1cc(F)ccc1O. The molecule has 0 fully saturated rings. The lowest BCUT2D eigenvalue weighted by Crippen LogP contribution is -2.11. The zero-order chi connectivity index (χ0) is 11.3. The van der Waals surface area contributed by atoms with Gasteiger partial charge in [0.05, 0.1) is 0 Å². The minimum Gasteiger partial charge on any atom is -0.508 e. The predicted octanol–water partition coefficient (Wildman–Crippen LogP) is 1.66. The Hall–Kier alpha value is -1.13. The minimum absolute atomic E-state index is 0.0525. The third-order valence-electron chi connectivity index (χ3n) is 2.36. The maximum Gasteiger partial charge on any atom is 0.123 e. The van der Waals surface area contributed by atoms with Crippen molar-refractivity contribution in [1.82, 2.24) is 0 Å². The van der Waals surface area contributed by atoms with Gasteiger partial charge in [-0.05, 0) is 37.6 Å². The van der Waals surface area contributed by atoms with E-state index >= 15 is 0 Å². The average molecular weight is 212 g/mol. The molecule has 0 bridgehead atoms. The quantitative estimate of drug-likeness (QED) is 0.650. The summed E-state index contributed by atoms with van der Waals surface area (Å²) in [5, 5.41) is 9.49. The van der Waals surface area contributed by atoms with Crippen LogP contribution in [-0.4, -0.2) is 11.7 Å². The first-order chi connectivity index (χ1) is 7.15. The van der Waals surface area contributed by atoms with Gasteiger partial charge in [-0.25, -0.2) is 4.39 Å². The van der Waals surface area contributed by atoms with E-state index in [1.807, 2.05) is 0 Å². The lowest BCUT2D eigenvalue weighted by molar-refractivity contribution is 0.453. The standard InChI is InChI=1S/C11H17FN2O/c12-8-4-5-11(15)9(7-8)10(14)3-1-2-6-13/h4-5,7,10,15H,1-3,6,13-14H2/t10-/m1/s1. The molecule has 0 saturated carbocycles. The van der Waals surface area contributed by atoms with Gasteiger partial charge in [0.15, 0.2) is 0 Å². The van der Waals surface area contributed by atoms with Gasteiger partial charge in [0.25, 0.3) is 0 Å². The summed E-state index contributed by atoms with van der Waals surface area (Å²) in [7, 11) is 0. The molecular weight excluding hydrogens is 195 g/mol. The van der Waals surface area contributed by atoms with E-state index in [1.165, 1.54) is 18.2 Å². The average Bonchev–Trinajstić information content (AvgIpc) is 2.22. The predicted molar refractivity (Wildman–Crippen MR) is 57.9 cm³/mol. The Morgan fingerprint density at radius 3 is 2.73 bits per heavy atom. The lowest BCUT2D eigenvalue weighted by atomic mass is 10.0. The van der Waals surface area contributed by atoms with Gasteiger partial charge in [-0.2, -0.15) is 0 Å². The Labute approximate surface area is 88.9 Å². The zero-order valence-corrected chi connectivity index (χ0v) is 8.62. The minimum atomic E-state index is -0.378. The van der Waals surface area contributed by atoms with Gasteiger partial charge in [0, 0.05) is 11.6 Å². The first kappa shape index (κ1) is 11.9. The summed E-state index contributed by atoms with van der Waals surface area (Å²) < 4.78 is 12.9. The van der Waals surface area contributed by atoms with Gasteiger partial charge >= 0.3 is 0 Å². The van der Waals surface area contributed by atoms with E-state index in [0.29, 0.717) is 18.5 Å². The molecule has 4 heteroatoms. The van der Waals surface area contributed by atoms with E-state index < -0.39 is 0 Å². The highest BCUT2D eigenvalue weighted by molar-refractivity contribution is 5.34. The highest BCUT2D eigenvalue weighted by Gasteiger charge is 2.11. The summed E-state index contributed by atoms with van der Waals surface area (Å²) in [4.78, 5) is 0. The maximum absolute atomic E-state index is 12.9. The summed E-state index contributed by atoms with van der Waals surface area (Å²) in [6.07, 6.45) is 2.48. The molecule has 0 radical (unpaired) electrons. The van der Waals surface area contributed by atoms with Gasteiger partial charge in [0.1, 0.15) is 11.6 Å². The molecule has 0 aliphatic rings. The van der Waals surface area contributed by atoms with E-state index in [0.717, 1.165) is 12.8 Å². The first-order valence-electron chi connectivity index (χ1n) is 5.09. The molecule has 84 valence electrons. The second-order valence-electron chi connectivity index (χ2n) is 3.59. The molecule has 0 spiro atoms. The summed E-state index contributed by atoms with van der Waals surface area (Å²) >= 11 is 0. The smallest absolute Gasteiger partial charge is 0.123 e. The van der Waals surface area contributed by atoms with Gasteiger partial charge < -0.3 is 16.6 Å². The topological polar surface area (TPSA) is 72.3 Å². The number of rotatable bonds is 5. The Morgan fingerprint density at radius 2 is 2.07 bits per heavy atom. The molecule has 3 nitrogen and oxygen atoms in total. The first-order valence-corrected chi connectivity index (χ1v) is 5.09. The van der Waals surface area contributed by atoms with Gasteiger partial charge in [-0.1, -0.05) is 6.42 Å². The second kappa shape index (κ2) is 5.68. The van der Waals surface area contributed by atoms with Gasteiger partial charge in [-0.15, -0.1) is 0 Å². The molecule has 0 aliphatic carbocycles. The van der Waals surface area contributed by atoms with Crippen molar-refractivity contribution in [1.29, 1.82) is 0 Å². The molecule has 0 unspecified atom stereocenters. The molecule has 1 rings (SSSR count). The van der Waals surface area contributed by atoms with Crippen molar-refractivity contribution in [3.05, 3.63) is 29.6 Å². The van der Waals surface area contributed by atoms with Gasteiger partial charge in [0.2, 0.25) is 0 Å². The number of phenols is 1. The Morgan fingerprint density at radius 1 is 1.33 bits per heavy atom. The van der Waals surface area contributed by atoms with Crippen molar-refractivity contribution in [2.24, 2.45) is 11.5 Å². The third-order valence-corrected chi connectivity index (χ3v) is 2.36. The van der Waals surface area contributed by atoms with Crippen molar-refractivity contribution in [3.8, 4) is 5.75 Å². The van der Waals surface area contributed by atoms with Gasteiger partial charge in [-0.3, -0.25) is 0 Å². The highest BCUT2D eigenvalue weighted by Crippen LogP contribution is 2.26. The third kappa shape index (κ3) is 3.49. The number of unbranched alkanes of at least 4 members (excludes halogenated alkanes) is 1. The number of aromatic hydroxyl groups is 1. The number of hydrogen-bond acceptors (Lipinski definition) is 3.